The van der Waals surface area contributed by atoms with Gasteiger partial charge in [0.25, 0.3) is 0 Å². The van der Waals surface area contributed by atoms with Crippen LogP contribution in [0, 0.1) is 0 Å². The molecule has 1 heterocycles. The van der Waals surface area contributed by atoms with E-state index in [9.17, 15) is 9.59 Å². The quantitative estimate of drug-likeness (QED) is 0.862. The van der Waals surface area contributed by atoms with Crippen LogP contribution >= 0.6 is 0 Å². The summed E-state index contributed by atoms with van der Waals surface area (Å²) in [5.41, 5.74) is 1.94. The highest BCUT2D eigenvalue weighted by Crippen LogP contribution is 2.30. The lowest BCUT2D eigenvalue weighted by Gasteiger charge is -2.36. The Balaban J connectivity index is 1.59. The molecule has 1 saturated heterocycles. The molecule has 25 heavy (non-hydrogen) atoms. The van der Waals surface area contributed by atoms with Crippen molar-refractivity contribution in [2.24, 2.45) is 0 Å². The van der Waals surface area contributed by atoms with Gasteiger partial charge in [-0.3, -0.25) is 9.59 Å². The molecular formula is C21H22N2O2. The van der Waals surface area contributed by atoms with E-state index in [4.69, 9.17) is 0 Å². The average molecular weight is 334 g/mol. The molecule has 0 spiro atoms. The van der Waals surface area contributed by atoms with Gasteiger partial charge in [-0.05, 0) is 24.0 Å². The second-order valence-corrected chi connectivity index (χ2v) is 6.83. The van der Waals surface area contributed by atoms with Crippen LogP contribution in [0.25, 0.3) is 0 Å². The number of carbonyl (C=O) groups excluding carboxylic acids is 2. The SMILES string of the molecule is O=C(C(c1ccccc1)c1ccccc1)N1CCN(C2CC2)C(=O)C1. The predicted octanol–water partition coefficient (Wildman–Crippen LogP) is 2.65. The van der Waals surface area contributed by atoms with E-state index >= 15 is 0 Å². The number of benzene rings is 2. The van der Waals surface area contributed by atoms with E-state index in [1.54, 1.807) is 4.90 Å². The zero-order chi connectivity index (χ0) is 17.2. The van der Waals surface area contributed by atoms with Gasteiger partial charge in [-0.25, -0.2) is 0 Å². The third-order valence-corrected chi connectivity index (χ3v) is 5.07. The van der Waals surface area contributed by atoms with Crippen LogP contribution in [0.4, 0.5) is 0 Å². The van der Waals surface area contributed by atoms with Crippen LogP contribution in [0.15, 0.2) is 60.7 Å². The Bertz CT molecular complexity index is 716. The highest BCUT2D eigenvalue weighted by molar-refractivity contribution is 5.91. The Morgan fingerprint density at radius 2 is 1.44 bits per heavy atom. The summed E-state index contributed by atoms with van der Waals surface area (Å²) in [5, 5.41) is 0. The molecule has 1 aliphatic carbocycles. The van der Waals surface area contributed by atoms with Gasteiger partial charge in [-0.1, -0.05) is 60.7 Å². The van der Waals surface area contributed by atoms with Gasteiger partial charge in [-0.15, -0.1) is 0 Å². The molecule has 1 saturated carbocycles. The van der Waals surface area contributed by atoms with Crippen LogP contribution in [0.3, 0.4) is 0 Å². The fourth-order valence-electron chi connectivity index (χ4n) is 3.60. The maximum Gasteiger partial charge on any atom is 0.242 e. The van der Waals surface area contributed by atoms with Gasteiger partial charge in [-0.2, -0.15) is 0 Å². The van der Waals surface area contributed by atoms with Gasteiger partial charge in [0, 0.05) is 19.1 Å². The average Bonchev–Trinajstić information content (AvgIpc) is 3.48. The summed E-state index contributed by atoms with van der Waals surface area (Å²) in [7, 11) is 0. The summed E-state index contributed by atoms with van der Waals surface area (Å²) in [6.45, 7) is 1.48. The second kappa shape index (κ2) is 6.71. The molecule has 4 rings (SSSR count). The van der Waals surface area contributed by atoms with Crippen molar-refractivity contribution in [3.63, 3.8) is 0 Å². The van der Waals surface area contributed by atoms with Crippen LogP contribution < -0.4 is 0 Å². The van der Waals surface area contributed by atoms with Crippen molar-refractivity contribution in [3.8, 4) is 0 Å². The smallest absolute Gasteiger partial charge is 0.242 e. The lowest BCUT2D eigenvalue weighted by molar-refractivity contribution is -0.146. The minimum atomic E-state index is -0.359. The van der Waals surface area contributed by atoms with Crippen molar-refractivity contribution in [1.82, 2.24) is 9.80 Å². The molecule has 128 valence electrons. The Labute approximate surface area is 148 Å². The third kappa shape index (κ3) is 3.29. The number of hydrogen-bond donors (Lipinski definition) is 0. The molecule has 2 amide bonds. The first-order valence-corrected chi connectivity index (χ1v) is 8.92. The van der Waals surface area contributed by atoms with Crippen molar-refractivity contribution in [1.29, 1.82) is 0 Å². The minimum Gasteiger partial charge on any atom is -0.336 e. The van der Waals surface area contributed by atoms with Crippen molar-refractivity contribution in [2.75, 3.05) is 19.6 Å². The van der Waals surface area contributed by atoms with Crippen molar-refractivity contribution in [2.45, 2.75) is 24.8 Å². The summed E-state index contributed by atoms with van der Waals surface area (Å²) in [6.07, 6.45) is 2.21. The molecule has 4 nitrogen and oxygen atoms in total. The zero-order valence-corrected chi connectivity index (χ0v) is 14.2. The lowest BCUT2D eigenvalue weighted by atomic mass is 9.90. The number of hydrogen-bond acceptors (Lipinski definition) is 2. The van der Waals surface area contributed by atoms with Crippen LogP contribution in [-0.4, -0.2) is 47.3 Å². The Hall–Kier alpha value is -2.62. The maximum absolute atomic E-state index is 13.3. The third-order valence-electron chi connectivity index (χ3n) is 5.07. The van der Waals surface area contributed by atoms with Crippen molar-refractivity contribution in [3.05, 3.63) is 71.8 Å². The number of nitrogens with zero attached hydrogens (tertiary/aromatic N) is 2. The normalized spacial score (nSPS) is 17.9. The van der Waals surface area contributed by atoms with Crippen LogP contribution in [0.1, 0.15) is 29.9 Å². The van der Waals surface area contributed by atoms with E-state index in [1.807, 2.05) is 65.6 Å². The monoisotopic (exact) mass is 334 g/mol. The molecule has 0 radical (unpaired) electrons. The number of piperazine rings is 1. The largest absolute Gasteiger partial charge is 0.336 e. The van der Waals surface area contributed by atoms with Gasteiger partial charge in [0.05, 0.1) is 12.5 Å². The van der Waals surface area contributed by atoms with Crippen molar-refractivity contribution >= 4 is 11.8 Å². The highest BCUT2D eigenvalue weighted by atomic mass is 16.2. The molecule has 4 heteroatoms. The highest BCUT2D eigenvalue weighted by Gasteiger charge is 2.38. The first kappa shape index (κ1) is 15.9. The fourth-order valence-corrected chi connectivity index (χ4v) is 3.60. The van der Waals surface area contributed by atoms with E-state index in [1.165, 1.54) is 0 Å². The Morgan fingerprint density at radius 1 is 0.880 bits per heavy atom. The van der Waals surface area contributed by atoms with E-state index in [0.717, 1.165) is 24.0 Å². The van der Waals surface area contributed by atoms with E-state index < -0.39 is 0 Å². The van der Waals surface area contributed by atoms with Crippen LogP contribution in [-0.2, 0) is 9.59 Å². The zero-order valence-electron chi connectivity index (χ0n) is 14.2. The molecule has 2 aromatic rings. The first-order valence-electron chi connectivity index (χ1n) is 8.92. The molecule has 0 unspecified atom stereocenters. The molecular weight excluding hydrogens is 312 g/mol. The predicted molar refractivity (Wildman–Crippen MR) is 96.0 cm³/mol. The standard InChI is InChI=1S/C21H22N2O2/c24-19-15-22(13-14-23(19)18-11-12-18)21(25)20(16-7-3-1-4-8-16)17-9-5-2-6-10-17/h1-10,18,20H,11-15H2. The van der Waals surface area contributed by atoms with Gasteiger partial charge in [0.15, 0.2) is 0 Å². The van der Waals surface area contributed by atoms with Gasteiger partial charge < -0.3 is 9.80 Å². The molecule has 1 aliphatic heterocycles. The second-order valence-electron chi connectivity index (χ2n) is 6.83. The molecule has 0 N–H and O–H groups in total. The van der Waals surface area contributed by atoms with E-state index in [2.05, 4.69) is 0 Å². The molecule has 2 aliphatic rings. The molecule has 0 bridgehead atoms. The summed E-state index contributed by atoms with van der Waals surface area (Å²) < 4.78 is 0. The molecule has 2 aromatic carbocycles. The van der Waals surface area contributed by atoms with E-state index in [-0.39, 0.29) is 24.3 Å². The van der Waals surface area contributed by atoms with Gasteiger partial charge in [0.2, 0.25) is 11.8 Å². The minimum absolute atomic E-state index is 0.0150. The molecule has 2 fully saturated rings. The Morgan fingerprint density at radius 3 is 1.92 bits per heavy atom. The summed E-state index contributed by atoms with van der Waals surface area (Å²) in [5.74, 6) is -0.258. The number of amides is 2. The van der Waals surface area contributed by atoms with Gasteiger partial charge >= 0.3 is 0 Å². The number of rotatable bonds is 4. The van der Waals surface area contributed by atoms with Crippen LogP contribution in [0.2, 0.25) is 0 Å². The molecule has 0 atom stereocenters. The summed E-state index contributed by atoms with van der Waals surface area (Å²) in [6, 6.07) is 20.1. The van der Waals surface area contributed by atoms with Crippen LogP contribution in [0.5, 0.6) is 0 Å². The Kier molecular flexibility index (Phi) is 4.26. The van der Waals surface area contributed by atoms with Gasteiger partial charge in [0.1, 0.15) is 0 Å². The lowest BCUT2D eigenvalue weighted by Crippen LogP contribution is -2.53. The summed E-state index contributed by atoms with van der Waals surface area (Å²) >= 11 is 0. The molecule has 0 aromatic heterocycles. The first-order chi connectivity index (χ1) is 12.2. The van der Waals surface area contributed by atoms with Crippen molar-refractivity contribution < 1.29 is 9.59 Å². The topological polar surface area (TPSA) is 40.6 Å². The summed E-state index contributed by atoms with van der Waals surface area (Å²) in [4.78, 5) is 29.4. The maximum atomic E-state index is 13.3. The van der Waals surface area contributed by atoms with E-state index in [0.29, 0.717) is 19.1 Å². The fraction of sp³-hybridized carbons (Fsp3) is 0.333. The number of carbonyl (C=O) groups is 2.